The van der Waals surface area contributed by atoms with Gasteiger partial charge < -0.3 is 10.2 Å². The molecule has 2 fully saturated rings. The molecule has 0 aromatic rings. The first-order valence-corrected chi connectivity index (χ1v) is 4.78. The standard InChI is InChI=1S/C9H14N2O2/c1-6-5-11-7(9(13)10-6)3-2-4-8(11)12/h6-7H,2-5H2,1H3,(H,10,13). The fraction of sp³-hybridized carbons (Fsp3) is 0.778. The smallest absolute Gasteiger partial charge is 0.243 e. The van der Waals surface area contributed by atoms with E-state index >= 15 is 0 Å². The number of piperazine rings is 1. The average molecular weight is 182 g/mol. The Morgan fingerprint density at radius 3 is 3.00 bits per heavy atom. The van der Waals surface area contributed by atoms with E-state index in [0.717, 1.165) is 12.8 Å². The van der Waals surface area contributed by atoms with Gasteiger partial charge in [-0.05, 0) is 19.8 Å². The van der Waals surface area contributed by atoms with Gasteiger partial charge in [0.2, 0.25) is 11.8 Å². The van der Waals surface area contributed by atoms with E-state index in [9.17, 15) is 9.59 Å². The van der Waals surface area contributed by atoms with Crippen molar-refractivity contribution in [2.75, 3.05) is 6.54 Å². The summed E-state index contributed by atoms with van der Waals surface area (Å²) in [7, 11) is 0. The molecule has 13 heavy (non-hydrogen) atoms. The number of rotatable bonds is 0. The van der Waals surface area contributed by atoms with Crippen molar-refractivity contribution in [2.45, 2.75) is 38.3 Å². The molecule has 2 atom stereocenters. The number of carbonyl (C=O) groups excluding carboxylic acids is 2. The summed E-state index contributed by atoms with van der Waals surface area (Å²) in [4.78, 5) is 24.7. The minimum atomic E-state index is -0.183. The Balaban J connectivity index is 2.17. The van der Waals surface area contributed by atoms with E-state index in [4.69, 9.17) is 0 Å². The van der Waals surface area contributed by atoms with Crippen molar-refractivity contribution >= 4 is 11.8 Å². The Morgan fingerprint density at radius 1 is 1.46 bits per heavy atom. The summed E-state index contributed by atoms with van der Waals surface area (Å²) in [5.41, 5.74) is 0. The van der Waals surface area contributed by atoms with Gasteiger partial charge in [-0.3, -0.25) is 9.59 Å². The molecule has 2 aliphatic heterocycles. The van der Waals surface area contributed by atoms with Crippen LogP contribution in [0, 0.1) is 0 Å². The second-order valence-electron chi connectivity index (χ2n) is 3.86. The molecule has 72 valence electrons. The second kappa shape index (κ2) is 3.01. The maximum atomic E-state index is 11.5. The summed E-state index contributed by atoms with van der Waals surface area (Å²) in [6, 6.07) is -0.0803. The third kappa shape index (κ3) is 1.41. The zero-order chi connectivity index (χ0) is 9.42. The van der Waals surface area contributed by atoms with Crippen LogP contribution in [0.2, 0.25) is 0 Å². The molecular formula is C9H14N2O2. The van der Waals surface area contributed by atoms with Crippen molar-refractivity contribution in [3.63, 3.8) is 0 Å². The Kier molecular flexibility index (Phi) is 1.98. The van der Waals surface area contributed by atoms with Crippen molar-refractivity contribution in [1.82, 2.24) is 10.2 Å². The van der Waals surface area contributed by atoms with Crippen LogP contribution < -0.4 is 5.32 Å². The highest BCUT2D eigenvalue weighted by molar-refractivity contribution is 5.90. The van der Waals surface area contributed by atoms with Gasteiger partial charge in [0.05, 0.1) is 0 Å². The van der Waals surface area contributed by atoms with Crippen molar-refractivity contribution in [3.8, 4) is 0 Å². The molecule has 2 amide bonds. The highest BCUT2D eigenvalue weighted by atomic mass is 16.2. The molecule has 4 nitrogen and oxygen atoms in total. The van der Waals surface area contributed by atoms with Crippen molar-refractivity contribution in [1.29, 1.82) is 0 Å². The fourth-order valence-electron chi connectivity index (χ4n) is 2.10. The zero-order valence-corrected chi connectivity index (χ0v) is 7.75. The maximum absolute atomic E-state index is 11.5. The van der Waals surface area contributed by atoms with Gasteiger partial charge in [0.25, 0.3) is 0 Å². The van der Waals surface area contributed by atoms with Crippen LogP contribution in [0.1, 0.15) is 26.2 Å². The minimum absolute atomic E-state index is 0.0202. The Hall–Kier alpha value is -1.06. The van der Waals surface area contributed by atoms with Crippen LogP contribution in [0.4, 0.5) is 0 Å². The van der Waals surface area contributed by atoms with E-state index in [-0.39, 0.29) is 23.9 Å². The molecule has 4 heteroatoms. The highest BCUT2D eigenvalue weighted by Crippen LogP contribution is 2.21. The first-order chi connectivity index (χ1) is 6.18. The lowest BCUT2D eigenvalue weighted by molar-refractivity contribution is -0.147. The summed E-state index contributed by atoms with van der Waals surface area (Å²) < 4.78 is 0. The van der Waals surface area contributed by atoms with Crippen LogP contribution in [-0.4, -0.2) is 35.3 Å². The Morgan fingerprint density at radius 2 is 2.23 bits per heavy atom. The second-order valence-corrected chi connectivity index (χ2v) is 3.86. The minimum Gasteiger partial charge on any atom is -0.350 e. The van der Waals surface area contributed by atoms with E-state index in [1.165, 1.54) is 0 Å². The van der Waals surface area contributed by atoms with Gasteiger partial charge in [-0.15, -0.1) is 0 Å². The number of carbonyl (C=O) groups is 2. The number of hydrogen-bond donors (Lipinski definition) is 1. The predicted molar refractivity (Wildman–Crippen MR) is 47.0 cm³/mol. The van der Waals surface area contributed by atoms with Gasteiger partial charge in [-0.1, -0.05) is 0 Å². The van der Waals surface area contributed by atoms with Crippen LogP contribution in [0.25, 0.3) is 0 Å². The quantitative estimate of drug-likeness (QED) is 0.568. The molecule has 2 heterocycles. The molecule has 2 aliphatic rings. The number of hydrogen-bond acceptors (Lipinski definition) is 2. The van der Waals surface area contributed by atoms with E-state index in [0.29, 0.717) is 13.0 Å². The van der Waals surface area contributed by atoms with Gasteiger partial charge in [-0.25, -0.2) is 0 Å². The molecule has 0 aromatic heterocycles. The zero-order valence-electron chi connectivity index (χ0n) is 7.75. The summed E-state index contributed by atoms with van der Waals surface area (Å²) in [6.45, 7) is 2.60. The number of piperidine rings is 1. The summed E-state index contributed by atoms with van der Waals surface area (Å²) in [6.07, 6.45) is 2.28. The van der Waals surface area contributed by atoms with Crippen molar-refractivity contribution < 1.29 is 9.59 Å². The first kappa shape index (κ1) is 8.53. The normalized spacial score (nSPS) is 34.1. The molecule has 2 rings (SSSR count). The SMILES string of the molecule is CC1CN2C(=O)CCCC2C(=O)N1. The van der Waals surface area contributed by atoms with Gasteiger partial charge in [0.1, 0.15) is 6.04 Å². The van der Waals surface area contributed by atoms with Crippen LogP contribution in [-0.2, 0) is 9.59 Å². The summed E-state index contributed by atoms with van der Waals surface area (Å²) in [5.74, 6) is 0.157. The van der Waals surface area contributed by atoms with Crippen LogP contribution in [0.5, 0.6) is 0 Å². The number of nitrogens with zero attached hydrogens (tertiary/aromatic N) is 1. The molecule has 0 aromatic carbocycles. The Bertz CT molecular complexity index is 252. The topological polar surface area (TPSA) is 49.4 Å². The predicted octanol–water partition coefficient (Wildman–Crippen LogP) is -0.114. The molecular weight excluding hydrogens is 168 g/mol. The van der Waals surface area contributed by atoms with E-state index in [2.05, 4.69) is 5.32 Å². The highest BCUT2D eigenvalue weighted by Gasteiger charge is 2.37. The molecule has 0 bridgehead atoms. The third-order valence-corrected chi connectivity index (χ3v) is 2.73. The largest absolute Gasteiger partial charge is 0.350 e. The monoisotopic (exact) mass is 182 g/mol. The molecule has 2 unspecified atom stereocenters. The van der Waals surface area contributed by atoms with Gasteiger partial charge >= 0.3 is 0 Å². The molecule has 1 N–H and O–H groups in total. The maximum Gasteiger partial charge on any atom is 0.243 e. The first-order valence-electron chi connectivity index (χ1n) is 4.78. The molecule has 0 saturated carbocycles. The van der Waals surface area contributed by atoms with Crippen LogP contribution in [0.3, 0.4) is 0 Å². The lowest BCUT2D eigenvalue weighted by atomic mass is 9.97. The van der Waals surface area contributed by atoms with Crippen LogP contribution in [0.15, 0.2) is 0 Å². The van der Waals surface area contributed by atoms with Crippen molar-refractivity contribution in [2.24, 2.45) is 0 Å². The summed E-state index contributed by atoms with van der Waals surface area (Å²) >= 11 is 0. The Labute approximate surface area is 77.3 Å². The van der Waals surface area contributed by atoms with E-state index in [1.54, 1.807) is 4.90 Å². The van der Waals surface area contributed by atoms with Gasteiger partial charge in [0.15, 0.2) is 0 Å². The van der Waals surface area contributed by atoms with Gasteiger partial charge in [0, 0.05) is 19.0 Å². The summed E-state index contributed by atoms with van der Waals surface area (Å²) in [5, 5.41) is 2.87. The number of fused-ring (bicyclic) bond motifs is 1. The molecule has 2 saturated heterocycles. The molecule has 0 radical (unpaired) electrons. The van der Waals surface area contributed by atoms with Crippen molar-refractivity contribution in [3.05, 3.63) is 0 Å². The van der Waals surface area contributed by atoms with E-state index in [1.807, 2.05) is 6.92 Å². The van der Waals surface area contributed by atoms with E-state index < -0.39 is 0 Å². The molecule has 0 spiro atoms. The number of nitrogens with one attached hydrogen (secondary N) is 1. The molecule has 0 aliphatic carbocycles. The fourth-order valence-corrected chi connectivity index (χ4v) is 2.10. The lowest BCUT2D eigenvalue weighted by Gasteiger charge is -2.40. The lowest BCUT2D eigenvalue weighted by Crippen LogP contribution is -2.62. The average Bonchev–Trinajstić information content (AvgIpc) is 2.07. The number of amides is 2. The van der Waals surface area contributed by atoms with Crippen LogP contribution >= 0.6 is 0 Å². The third-order valence-electron chi connectivity index (χ3n) is 2.73. The van der Waals surface area contributed by atoms with Gasteiger partial charge in [-0.2, -0.15) is 0 Å².